The van der Waals surface area contributed by atoms with Crippen LogP contribution >= 0.6 is 27.7 Å². The highest BCUT2D eigenvalue weighted by atomic mass is 79.9. The van der Waals surface area contributed by atoms with Crippen LogP contribution in [0, 0.1) is 13.8 Å². The molecule has 33 heavy (non-hydrogen) atoms. The van der Waals surface area contributed by atoms with E-state index in [9.17, 15) is 4.79 Å². The molecule has 3 aromatic rings. The fourth-order valence-electron chi connectivity index (χ4n) is 3.53. The topological polar surface area (TPSA) is 94.9 Å². The van der Waals surface area contributed by atoms with Gasteiger partial charge in [-0.3, -0.25) is 4.79 Å². The van der Waals surface area contributed by atoms with Gasteiger partial charge in [0.25, 0.3) is 0 Å². The Morgan fingerprint density at radius 2 is 2.06 bits per heavy atom. The van der Waals surface area contributed by atoms with Gasteiger partial charge in [-0.1, -0.05) is 0 Å². The van der Waals surface area contributed by atoms with Gasteiger partial charge in [-0.15, -0.1) is 10.2 Å². The van der Waals surface area contributed by atoms with E-state index in [0.717, 1.165) is 27.9 Å². The smallest absolute Gasteiger partial charge is 0.221 e. The minimum absolute atomic E-state index is 0.0795. The van der Waals surface area contributed by atoms with Gasteiger partial charge < -0.3 is 14.5 Å². The van der Waals surface area contributed by atoms with Gasteiger partial charge in [-0.2, -0.15) is 16.6 Å². The van der Waals surface area contributed by atoms with E-state index in [1.165, 1.54) is 4.80 Å². The van der Waals surface area contributed by atoms with Crippen molar-refractivity contribution in [3.63, 3.8) is 0 Å². The number of H-pyrrole nitrogens is 1. The highest BCUT2D eigenvalue weighted by Crippen LogP contribution is 2.30. The summed E-state index contributed by atoms with van der Waals surface area (Å²) in [5.41, 5.74) is 3.23. The van der Waals surface area contributed by atoms with Crippen LogP contribution in [0.15, 0.2) is 22.7 Å². The predicted molar refractivity (Wildman–Crippen MR) is 134 cm³/mol. The van der Waals surface area contributed by atoms with Crippen molar-refractivity contribution in [3.05, 3.63) is 45.1 Å². The largest absolute Gasteiger partial charge is 0.496 e. The van der Waals surface area contributed by atoms with Crippen molar-refractivity contribution in [1.29, 1.82) is 0 Å². The summed E-state index contributed by atoms with van der Waals surface area (Å²) >= 11 is 5.26. The average Bonchev–Trinajstić information content (AvgIpc) is 3.35. The standard InChI is InChI=1S/C23H30BrN5O3S/c1-14-19(21(30)16-7-8-18(31-5)17(24)13-16)15(2)25-20(14)22-26-28-29(27-22)10-11-32-23(3,4)9-12-33-6/h7-8,13,25H,9-12H2,1-6H3. The Labute approximate surface area is 206 Å². The van der Waals surface area contributed by atoms with Gasteiger partial charge in [0.2, 0.25) is 5.82 Å². The first-order chi connectivity index (χ1) is 15.7. The number of ketones is 1. The number of methoxy groups -OCH3 is 1. The van der Waals surface area contributed by atoms with Crippen LogP contribution in [0.1, 0.15) is 47.4 Å². The van der Waals surface area contributed by atoms with Crippen molar-refractivity contribution in [1.82, 2.24) is 25.2 Å². The Kier molecular flexibility index (Phi) is 8.36. The summed E-state index contributed by atoms with van der Waals surface area (Å²) in [6.07, 6.45) is 3.07. The van der Waals surface area contributed by atoms with Crippen molar-refractivity contribution in [2.75, 3.05) is 25.7 Å². The second-order valence-corrected chi connectivity index (χ2v) is 10.2. The van der Waals surface area contributed by atoms with Crippen molar-refractivity contribution in [3.8, 4) is 17.3 Å². The first kappa shape index (κ1) is 25.5. The number of carbonyl (C=O) groups excluding carboxylic acids is 1. The number of aryl methyl sites for hydroxylation is 1. The van der Waals surface area contributed by atoms with Crippen molar-refractivity contribution in [2.45, 2.75) is 46.3 Å². The van der Waals surface area contributed by atoms with E-state index in [2.05, 4.69) is 56.4 Å². The highest BCUT2D eigenvalue weighted by molar-refractivity contribution is 9.10. The molecule has 1 aromatic carbocycles. The van der Waals surface area contributed by atoms with Crippen LogP contribution in [0.5, 0.6) is 5.75 Å². The number of hydrogen-bond donors (Lipinski definition) is 1. The number of aromatic nitrogens is 5. The molecule has 0 aliphatic rings. The number of nitrogens with one attached hydrogen (secondary N) is 1. The number of ether oxygens (including phenoxy) is 2. The van der Waals surface area contributed by atoms with Gasteiger partial charge in [0, 0.05) is 16.8 Å². The van der Waals surface area contributed by atoms with Gasteiger partial charge in [0.05, 0.1) is 36.0 Å². The number of rotatable bonds is 11. The molecule has 0 aliphatic heterocycles. The molecule has 0 bridgehead atoms. The average molecular weight is 536 g/mol. The third-order valence-corrected chi connectivity index (χ3v) is 6.68. The Morgan fingerprint density at radius 3 is 2.73 bits per heavy atom. The number of aromatic amines is 1. The Bertz CT molecular complexity index is 1130. The molecule has 0 unspecified atom stereocenters. The molecule has 3 rings (SSSR count). The Hall–Kier alpha value is -2.17. The third kappa shape index (κ3) is 6.04. The molecule has 0 saturated heterocycles. The van der Waals surface area contributed by atoms with E-state index in [1.54, 1.807) is 25.3 Å². The number of thioether (sulfide) groups is 1. The zero-order valence-electron chi connectivity index (χ0n) is 19.9. The van der Waals surface area contributed by atoms with E-state index in [4.69, 9.17) is 9.47 Å². The van der Waals surface area contributed by atoms with Gasteiger partial charge in [-0.25, -0.2) is 0 Å². The lowest BCUT2D eigenvalue weighted by atomic mass is 9.99. The molecule has 8 nitrogen and oxygen atoms in total. The first-order valence-corrected chi connectivity index (χ1v) is 12.8. The highest BCUT2D eigenvalue weighted by Gasteiger charge is 2.23. The summed E-state index contributed by atoms with van der Waals surface area (Å²) in [6.45, 7) is 8.94. The van der Waals surface area contributed by atoms with Crippen LogP contribution < -0.4 is 4.74 Å². The Morgan fingerprint density at radius 1 is 1.30 bits per heavy atom. The van der Waals surface area contributed by atoms with E-state index >= 15 is 0 Å². The number of carbonyl (C=O) groups is 1. The molecule has 1 N–H and O–H groups in total. The van der Waals surface area contributed by atoms with Gasteiger partial charge in [0.15, 0.2) is 5.78 Å². The lowest BCUT2D eigenvalue weighted by molar-refractivity contribution is -0.0249. The molecule has 0 atom stereocenters. The summed E-state index contributed by atoms with van der Waals surface area (Å²) in [5.74, 6) is 2.10. The minimum atomic E-state index is -0.189. The maximum atomic E-state index is 13.2. The monoisotopic (exact) mass is 535 g/mol. The van der Waals surface area contributed by atoms with E-state index < -0.39 is 0 Å². The summed E-state index contributed by atoms with van der Waals surface area (Å²) in [4.78, 5) is 18.0. The summed E-state index contributed by atoms with van der Waals surface area (Å²) in [6, 6.07) is 5.29. The number of benzene rings is 1. The maximum absolute atomic E-state index is 13.2. The number of hydrogen-bond acceptors (Lipinski definition) is 7. The second-order valence-electron chi connectivity index (χ2n) is 8.36. The van der Waals surface area contributed by atoms with Crippen LogP contribution in [-0.4, -0.2) is 62.3 Å². The van der Waals surface area contributed by atoms with Gasteiger partial charge in [0.1, 0.15) is 5.75 Å². The van der Waals surface area contributed by atoms with Crippen LogP contribution in [0.3, 0.4) is 0 Å². The number of nitrogens with zero attached hydrogens (tertiary/aromatic N) is 4. The molecule has 0 fully saturated rings. The van der Waals surface area contributed by atoms with Crippen LogP contribution in [0.2, 0.25) is 0 Å². The quantitative estimate of drug-likeness (QED) is 0.351. The summed E-state index contributed by atoms with van der Waals surface area (Å²) in [7, 11) is 1.59. The van der Waals surface area contributed by atoms with Crippen molar-refractivity contribution < 1.29 is 14.3 Å². The first-order valence-electron chi connectivity index (χ1n) is 10.7. The van der Waals surface area contributed by atoms with E-state index in [0.29, 0.717) is 41.5 Å². The summed E-state index contributed by atoms with van der Waals surface area (Å²) in [5, 5.41) is 12.8. The molecule has 2 heterocycles. The zero-order valence-corrected chi connectivity index (χ0v) is 22.3. The number of halogens is 1. The fourth-order valence-corrected chi connectivity index (χ4v) is 4.76. The third-order valence-electron chi connectivity index (χ3n) is 5.45. The van der Waals surface area contributed by atoms with E-state index in [-0.39, 0.29) is 11.4 Å². The van der Waals surface area contributed by atoms with Crippen LogP contribution in [0.4, 0.5) is 0 Å². The van der Waals surface area contributed by atoms with Crippen LogP contribution in [-0.2, 0) is 11.3 Å². The lowest BCUT2D eigenvalue weighted by Crippen LogP contribution is -2.27. The van der Waals surface area contributed by atoms with Crippen LogP contribution in [0.25, 0.3) is 11.5 Å². The minimum Gasteiger partial charge on any atom is -0.496 e. The van der Waals surface area contributed by atoms with Crippen molar-refractivity contribution >= 4 is 33.5 Å². The Balaban J connectivity index is 1.74. The molecular weight excluding hydrogens is 506 g/mol. The summed E-state index contributed by atoms with van der Waals surface area (Å²) < 4.78 is 12.0. The molecule has 2 aromatic heterocycles. The molecule has 0 amide bonds. The molecule has 0 spiro atoms. The second kappa shape index (κ2) is 10.8. The molecule has 178 valence electrons. The molecule has 10 heteroatoms. The molecular formula is C23H30BrN5O3S. The normalized spacial score (nSPS) is 11.7. The zero-order chi connectivity index (χ0) is 24.2. The fraction of sp³-hybridized carbons (Fsp3) is 0.478. The number of tetrazole rings is 1. The predicted octanol–water partition coefficient (Wildman–Crippen LogP) is 4.84. The molecule has 0 radical (unpaired) electrons. The van der Waals surface area contributed by atoms with E-state index in [1.807, 2.05) is 25.6 Å². The molecule has 0 aliphatic carbocycles. The van der Waals surface area contributed by atoms with Crippen molar-refractivity contribution in [2.24, 2.45) is 0 Å². The maximum Gasteiger partial charge on any atom is 0.221 e. The SMILES string of the molecule is COc1ccc(C(=O)c2c(C)[nH]c(-c3nnn(CCOC(C)(C)CCSC)n3)c2C)cc1Br. The van der Waals surface area contributed by atoms with Gasteiger partial charge in [-0.05, 0) is 91.0 Å². The van der Waals surface area contributed by atoms with Gasteiger partial charge >= 0.3 is 0 Å². The lowest BCUT2D eigenvalue weighted by Gasteiger charge is -2.24. The molecule has 0 saturated carbocycles.